The molecule has 2 amide bonds. The predicted octanol–water partition coefficient (Wildman–Crippen LogP) is 4.34. The van der Waals surface area contributed by atoms with E-state index in [0.29, 0.717) is 50.8 Å². The molecular formula is C32H46FN3O4. The van der Waals surface area contributed by atoms with Crippen LogP contribution in [0.4, 0.5) is 4.39 Å². The number of piperidine rings is 3. The molecule has 1 N–H and O–H groups in total. The Balaban J connectivity index is 1.31. The summed E-state index contributed by atoms with van der Waals surface area (Å²) in [6, 6.07) is 5.64. The van der Waals surface area contributed by atoms with Crippen molar-refractivity contribution in [2.45, 2.75) is 89.6 Å². The normalized spacial score (nSPS) is 27.7. The van der Waals surface area contributed by atoms with Crippen LogP contribution in [-0.4, -0.2) is 73.0 Å². The summed E-state index contributed by atoms with van der Waals surface area (Å²) in [4.78, 5) is 45.0. The van der Waals surface area contributed by atoms with Gasteiger partial charge in [0.15, 0.2) is 0 Å². The highest BCUT2D eigenvalue weighted by atomic mass is 19.1. The van der Waals surface area contributed by atoms with Gasteiger partial charge in [-0.25, -0.2) is 4.39 Å². The van der Waals surface area contributed by atoms with E-state index in [4.69, 9.17) is 4.74 Å². The summed E-state index contributed by atoms with van der Waals surface area (Å²) in [5.74, 6) is 0.0912. The molecule has 3 saturated heterocycles. The third kappa shape index (κ3) is 6.07. The number of ether oxygens (including phenoxy) is 1. The number of hydrogen-bond acceptors (Lipinski definition) is 5. The predicted molar refractivity (Wildman–Crippen MR) is 151 cm³/mol. The van der Waals surface area contributed by atoms with Crippen molar-refractivity contribution in [1.82, 2.24) is 15.1 Å². The number of benzene rings is 1. The first-order chi connectivity index (χ1) is 19.3. The van der Waals surface area contributed by atoms with Crippen LogP contribution < -0.4 is 5.32 Å². The van der Waals surface area contributed by atoms with Crippen molar-refractivity contribution in [3.8, 4) is 0 Å². The lowest BCUT2D eigenvalue weighted by Crippen LogP contribution is -2.59. The molecule has 7 nitrogen and oxygen atoms in total. The van der Waals surface area contributed by atoms with Gasteiger partial charge in [0.05, 0.1) is 17.9 Å². The summed E-state index contributed by atoms with van der Waals surface area (Å²) >= 11 is 0. The molecule has 1 aromatic carbocycles. The van der Waals surface area contributed by atoms with Crippen molar-refractivity contribution in [2.75, 3.05) is 33.3 Å². The minimum Gasteiger partial charge on any atom is -0.466 e. The second kappa shape index (κ2) is 12.6. The van der Waals surface area contributed by atoms with E-state index in [1.807, 2.05) is 11.8 Å². The largest absolute Gasteiger partial charge is 0.466 e. The fraction of sp³-hybridized carbons (Fsp3) is 0.719. The Labute approximate surface area is 238 Å². The highest BCUT2D eigenvalue weighted by Gasteiger charge is 2.50. The van der Waals surface area contributed by atoms with E-state index in [1.165, 1.54) is 18.6 Å². The van der Waals surface area contributed by atoms with Crippen LogP contribution in [0.15, 0.2) is 24.3 Å². The monoisotopic (exact) mass is 555 g/mol. The minimum absolute atomic E-state index is 0.0539. The molecule has 0 radical (unpaired) electrons. The molecule has 8 heteroatoms. The van der Waals surface area contributed by atoms with Crippen molar-refractivity contribution >= 4 is 17.8 Å². The molecule has 0 spiro atoms. The topological polar surface area (TPSA) is 79.0 Å². The lowest BCUT2D eigenvalue weighted by molar-refractivity contribution is -0.166. The molecule has 0 aromatic heterocycles. The summed E-state index contributed by atoms with van der Waals surface area (Å²) in [5, 5.41) is 3.14. The van der Waals surface area contributed by atoms with Gasteiger partial charge in [-0.3, -0.25) is 14.4 Å². The summed E-state index contributed by atoms with van der Waals surface area (Å²) in [5.41, 5.74) is 0.275. The molecule has 4 atom stereocenters. The molecule has 3 aliphatic heterocycles. The molecule has 5 fully saturated rings. The maximum absolute atomic E-state index is 14.0. The highest BCUT2D eigenvalue weighted by molar-refractivity contribution is 5.89. The highest BCUT2D eigenvalue weighted by Crippen LogP contribution is 2.47. The lowest BCUT2D eigenvalue weighted by atomic mass is 9.63. The number of likely N-dealkylation sites (tertiary alicyclic amines) is 1. The van der Waals surface area contributed by atoms with Crippen LogP contribution in [0, 0.1) is 29.0 Å². The van der Waals surface area contributed by atoms with Gasteiger partial charge in [-0.15, -0.1) is 0 Å². The van der Waals surface area contributed by atoms with E-state index in [1.54, 1.807) is 12.1 Å². The van der Waals surface area contributed by atoms with Crippen LogP contribution in [0.5, 0.6) is 0 Å². The number of hydrogen-bond donors (Lipinski definition) is 1. The molecule has 3 heterocycles. The van der Waals surface area contributed by atoms with E-state index in [9.17, 15) is 18.8 Å². The standard InChI is InChI=1S/C32H46FN3O4/c1-3-40-31(39)32(24-7-5-4-6-8-24)15-17-36(18-16-32)30(38)27(20-22-9-12-25(33)13-10-22)34-29(37)26-19-23-11-14-28(26)35(2)21-23/h9-10,12-13,23-24,26-28H,3-8,11,14-21H2,1-2H3,(H,34,37). The van der Waals surface area contributed by atoms with E-state index in [2.05, 4.69) is 17.3 Å². The van der Waals surface area contributed by atoms with E-state index < -0.39 is 11.5 Å². The molecule has 5 aliphatic rings. The maximum Gasteiger partial charge on any atom is 0.312 e. The van der Waals surface area contributed by atoms with Crippen molar-refractivity contribution < 1.29 is 23.5 Å². The number of halogens is 1. The molecule has 220 valence electrons. The number of amides is 2. The van der Waals surface area contributed by atoms with Crippen molar-refractivity contribution in [1.29, 1.82) is 0 Å². The smallest absolute Gasteiger partial charge is 0.312 e. The SMILES string of the molecule is CCOC(=O)C1(C2CCCCC2)CCN(C(=O)C(Cc2ccc(F)cc2)NC(=O)C2CC3CCC2N(C)C3)CC1. The molecule has 1 aromatic rings. The molecule has 6 rings (SSSR count). The van der Waals surface area contributed by atoms with Crippen molar-refractivity contribution in [3.05, 3.63) is 35.6 Å². The molecule has 40 heavy (non-hydrogen) atoms. The summed E-state index contributed by atoms with van der Waals surface area (Å²) in [6.45, 7) is 4.19. The van der Waals surface area contributed by atoms with Crippen LogP contribution in [0.3, 0.4) is 0 Å². The van der Waals surface area contributed by atoms with E-state index >= 15 is 0 Å². The van der Waals surface area contributed by atoms with Crippen LogP contribution in [0.25, 0.3) is 0 Å². The number of nitrogens with zero attached hydrogens (tertiary/aromatic N) is 2. The van der Waals surface area contributed by atoms with Crippen molar-refractivity contribution in [2.24, 2.45) is 23.2 Å². The van der Waals surface area contributed by atoms with Gasteiger partial charge >= 0.3 is 5.97 Å². The molecule has 2 aliphatic carbocycles. The van der Waals surface area contributed by atoms with Gasteiger partial charge in [-0.05, 0) is 88.4 Å². The zero-order chi connectivity index (χ0) is 28.3. The summed E-state index contributed by atoms with van der Waals surface area (Å²) in [7, 11) is 2.09. The zero-order valence-electron chi connectivity index (χ0n) is 24.2. The fourth-order valence-corrected chi connectivity index (χ4v) is 8.15. The number of carbonyl (C=O) groups is 3. The van der Waals surface area contributed by atoms with Gasteiger partial charge < -0.3 is 19.9 Å². The Morgan fingerprint density at radius 1 is 1.05 bits per heavy atom. The number of carbonyl (C=O) groups excluding carboxylic acids is 3. The molecule has 2 saturated carbocycles. The number of nitrogens with one attached hydrogen (secondary N) is 1. The Hall–Kier alpha value is -2.48. The number of rotatable bonds is 8. The first kappa shape index (κ1) is 29.0. The molecule has 2 bridgehead atoms. The Bertz CT molecular complexity index is 1050. The summed E-state index contributed by atoms with van der Waals surface area (Å²) < 4.78 is 19.2. The Morgan fingerprint density at radius 2 is 1.75 bits per heavy atom. The van der Waals surface area contributed by atoms with Crippen LogP contribution in [0.1, 0.15) is 76.7 Å². The second-order valence-corrected chi connectivity index (χ2v) is 12.7. The molecular weight excluding hydrogens is 509 g/mol. The molecule has 4 unspecified atom stereocenters. The van der Waals surface area contributed by atoms with Crippen LogP contribution in [0.2, 0.25) is 0 Å². The van der Waals surface area contributed by atoms with Crippen LogP contribution >= 0.6 is 0 Å². The third-order valence-corrected chi connectivity index (χ3v) is 10.4. The third-order valence-electron chi connectivity index (χ3n) is 10.4. The van der Waals surface area contributed by atoms with Gasteiger partial charge in [-0.1, -0.05) is 31.4 Å². The maximum atomic E-state index is 14.0. The number of fused-ring (bicyclic) bond motifs is 3. The van der Waals surface area contributed by atoms with Crippen molar-refractivity contribution in [3.63, 3.8) is 0 Å². The van der Waals surface area contributed by atoms with Gasteiger partial charge in [0.1, 0.15) is 11.9 Å². The van der Waals surface area contributed by atoms with Gasteiger partial charge in [0.2, 0.25) is 11.8 Å². The average Bonchev–Trinajstić information content (AvgIpc) is 2.98. The second-order valence-electron chi connectivity index (χ2n) is 12.7. The first-order valence-electron chi connectivity index (χ1n) is 15.5. The van der Waals surface area contributed by atoms with E-state index in [-0.39, 0.29) is 35.6 Å². The lowest BCUT2D eigenvalue weighted by Gasteiger charge is -2.48. The van der Waals surface area contributed by atoms with Gasteiger partial charge in [0.25, 0.3) is 0 Å². The fourth-order valence-electron chi connectivity index (χ4n) is 8.15. The first-order valence-corrected chi connectivity index (χ1v) is 15.5. The van der Waals surface area contributed by atoms with Gasteiger partial charge in [0, 0.05) is 32.1 Å². The zero-order valence-corrected chi connectivity index (χ0v) is 24.2. The van der Waals surface area contributed by atoms with Gasteiger partial charge in [-0.2, -0.15) is 0 Å². The summed E-state index contributed by atoms with van der Waals surface area (Å²) in [6.07, 6.45) is 10.1. The van der Waals surface area contributed by atoms with E-state index in [0.717, 1.165) is 57.1 Å². The minimum atomic E-state index is -0.728. The quantitative estimate of drug-likeness (QED) is 0.483. The van der Waals surface area contributed by atoms with Crippen LogP contribution in [-0.2, 0) is 25.5 Å². The number of esters is 1. The Morgan fingerprint density at radius 3 is 2.38 bits per heavy atom. The Kier molecular flexibility index (Phi) is 9.13. The average molecular weight is 556 g/mol.